The summed E-state index contributed by atoms with van der Waals surface area (Å²) in [6.45, 7) is 3.11. The third-order valence-electron chi connectivity index (χ3n) is 3.55. The summed E-state index contributed by atoms with van der Waals surface area (Å²) in [4.78, 5) is 14.9. The second-order valence-corrected chi connectivity index (χ2v) is 5.26. The molecular weight excluding hydrogens is 294 g/mol. The molecule has 0 radical (unpaired) electrons. The monoisotopic (exact) mass is 315 g/mol. The molecule has 1 N–H and O–H groups in total. The molecule has 1 aromatic carbocycles. The van der Waals surface area contributed by atoms with Crippen LogP contribution < -0.4 is 4.74 Å². The summed E-state index contributed by atoms with van der Waals surface area (Å²) in [6, 6.07) is 10.7. The fourth-order valence-corrected chi connectivity index (χ4v) is 2.34. The zero-order valence-electron chi connectivity index (χ0n) is 13.4. The number of benzene rings is 1. The van der Waals surface area contributed by atoms with Gasteiger partial charge in [-0.25, -0.2) is 9.78 Å². The van der Waals surface area contributed by atoms with Gasteiger partial charge in [-0.15, -0.1) is 0 Å². The molecule has 2 aromatic rings. The lowest BCUT2D eigenvalue weighted by atomic mass is 10.0. The van der Waals surface area contributed by atoms with Crippen LogP contribution in [-0.2, 0) is 4.74 Å². The van der Waals surface area contributed by atoms with Crippen molar-refractivity contribution in [2.75, 3.05) is 13.7 Å². The van der Waals surface area contributed by atoms with Crippen molar-refractivity contribution in [3.63, 3.8) is 0 Å². The third-order valence-corrected chi connectivity index (χ3v) is 3.55. The SMILES string of the molecule is CC1CCCO1.COc1cccc(-c2cccnc2C(=O)O)c1. The van der Waals surface area contributed by atoms with Gasteiger partial charge in [0.05, 0.1) is 13.2 Å². The van der Waals surface area contributed by atoms with Gasteiger partial charge in [-0.05, 0) is 43.5 Å². The number of aromatic carboxylic acids is 1. The third kappa shape index (κ3) is 4.79. The number of carboxylic acids is 1. The number of methoxy groups -OCH3 is 1. The highest BCUT2D eigenvalue weighted by molar-refractivity contribution is 5.93. The quantitative estimate of drug-likeness (QED) is 0.936. The van der Waals surface area contributed by atoms with E-state index in [9.17, 15) is 4.79 Å². The Morgan fingerprint density at radius 1 is 1.35 bits per heavy atom. The summed E-state index contributed by atoms with van der Waals surface area (Å²) in [6.07, 6.45) is 4.54. The minimum absolute atomic E-state index is 0.0424. The molecule has 1 unspecified atom stereocenters. The lowest BCUT2D eigenvalue weighted by Gasteiger charge is -2.06. The number of hydrogen-bond acceptors (Lipinski definition) is 4. The number of rotatable bonds is 3. The van der Waals surface area contributed by atoms with E-state index in [-0.39, 0.29) is 5.69 Å². The maximum absolute atomic E-state index is 11.1. The van der Waals surface area contributed by atoms with E-state index in [0.29, 0.717) is 17.4 Å². The molecule has 2 heterocycles. The second kappa shape index (κ2) is 8.29. The Morgan fingerprint density at radius 3 is 2.74 bits per heavy atom. The molecule has 1 fully saturated rings. The van der Waals surface area contributed by atoms with Gasteiger partial charge in [-0.1, -0.05) is 18.2 Å². The molecule has 5 heteroatoms. The average Bonchev–Trinajstić information content (AvgIpc) is 3.06. The Labute approximate surface area is 135 Å². The van der Waals surface area contributed by atoms with Crippen molar-refractivity contribution in [2.45, 2.75) is 25.9 Å². The van der Waals surface area contributed by atoms with E-state index in [1.165, 1.54) is 19.0 Å². The molecular formula is C18H21NO4. The van der Waals surface area contributed by atoms with E-state index < -0.39 is 5.97 Å². The van der Waals surface area contributed by atoms with Crippen LogP contribution in [0.2, 0.25) is 0 Å². The van der Waals surface area contributed by atoms with Gasteiger partial charge in [0.1, 0.15) is 5.75 Å². The Hall–Kier alpha value is -2.40. The van der Waals surface area contributed by atoms with Gasteiger partial charge < -0.3 is 14.6 Å². The molecule has 1 aliphatic heterocycles. The lowest BCUT2D eigenvalue weighted by Crippen LogP contribution is -2.02. The standard InChI is InChI=1S/C13H11NO3.C5H10O/c1-17-10-5-2-4-9(8-10)11-6-3-7-14-12(11)13(15)16;1-5-3-2-4-6-5/h2-8H,1H3,(H,15,16);5H,2-4H2,1H3. The summed E-state index contributed by atoms with van der Waals surface area (Å²) >= 11 is 0. The first-order valence-corrected chi connectivity index (χ1v) is 7.56. The summed E-state index contributed by atoms with van der Waals surface area (Å²) in [5, 5.41) is 9.06. The van der Waals surface area contributed by atoms with Crippen LogP contribution in [0.15, 0.2) is 42.6 Å². The summed E-state index contributed by atoms with van der Waals surface area (Å²) in [5.74, 6) is -0.355. The normalized spacial score (nSPS) is 16.3. The number of pyridine rings is 1. The van der Waals surface area contributed by atoms with E-state index in [1.54, 1.807) is 31.4 Å². The molecule has 122 valence electrons. The van der Waals surface area contributed by atoms with Crippen molar-refractivity contribution in [1.29, 1.82) is 0 Å². The van der Waals surface area contributed by atoms with Crippen LogP contribution in [-0.4, -0.2) is 35.9 Å². The maximum Gasteiger partial charge on any atom is 0.355 e. The summed E-state index contributed by atoms with van der Waals surface area (Å²) < 4.78 is 10.3. The molecule has 1 atom stereocenters. The number of carboxylic acid groups (broad SMARTS) is 1. The summed E-state index contributed by atoms with van der Waals surface area (Å²) in [5.41, 5.74) is 1.40. The van der Waals surface area contributed by atoms with Crippen LogP contribution in [0.5, 0.6) is 5.75 Å². The fourth-order valence-electron chi connectivity index (χ4n) is 2.34. The van der Waals surface area contributed by atoms with E-state index in [4.69, 9.17) is 14.6 Å². The lowest BCUT2D eigenvalue weighted by molar-refractivity contribution is 0.0691. The Bertz CT molecular complexity index is 651. The average molecular weight is 315 g/mol. The molecule has 0 aliphatic carbocycles. The number of aromatic nitrogens is 1. The van der Waals surface area contributed by atoms with Crippen LogP contribution in [0, 0.1) is 0 Å². The van der Waals surface area contributed by atoms with Crippen molar-refractivity contribution in [2.24, 2.45) is 0 Å². The summed E-state index contributed by atoms with van der Waals surface area (Å²) in [7, 11) is 1.57. The van der Waals surface area contributed by atoms with Gasteiger partial charge in [0.2, 0.25) is 0 Å². The smallest absolute Gasteiger partial charge is 0.355 e. The fraction of sp³-hybridized carbons (Fsp3) is 0.333. The Morgan fingerprint density at radius 2 is 2.17 bits per heavy atom. The molecule has 0 spiro atoms. The highest BCUT2D eigenvalue weighted by atomic mass is 16.5. The number of nitrogens with zero attached hydrogens (tertiary/aromatic N) is 1. The number of carbonyl (C=O) groups is 1. The topological polar surface area (TPSA) is 68.7 Å². The van der Waals surface area contributed by atoms with E-state index in [0.717, 1.165) is 12.2 Å². The Kier molecular flexibility index (Phi) is 6.11. The Balaban J connectivity index is 0.000000268. The van der Waals surface area contributed by atoms with Crippen molar-refractivity contribution in [3.05, 3.63) is 48.3 Å². The van der Waals surface area contributed by atoms with Crippen LogP contribution in [0.4, 0.5) is 0 Å². The minimum Gasteiger partial charge on any atom is -0.497 e. The highest BCUT2D eigenvalue weighted by Gasteiger charge is 2.12. The van der Waals surface area contributed by atoms with Crippen molar-refractivity contribution in [1.82, 2.24) is 4.98 Å². The largest absolute Gasteiger partial charge is 0.497 e. The molecule has 23 heavy (non-hydrogen) atoms. The van der Waals surface area contributed by atoms with E-state index >= 15 is 0 Å². The first kappa shape index (κ1) is 17.0. The molecule has 1 aromatic heterocycles. The van der Waals surface area contributed by atoms with Crippen LogP contribution >= 0.6 is 0 Å². The zero-order valence-corrected chi connectivity index (χ0v) is 13.4. The van der Waals surface area contributed by atoms with Gasteiger partial charge in [-0.3, -0.25) is 0 Å². The molecule has 0 bridgehead atoms. The van der Waals surface area contributed by atoms with Crippen LogP contribution in [0.25, 0.3) is 11.1 Å². The molecule has 3 rings (SSSR count). The highest BCUT2D eigenvalue weighted by Crippen LogP contribution is 2.25. The van der Waals surface area contributed by atoms with Crippen LogP contribution in [0.3, 0.4) is 0 Å². The molecule has 1 saturated heterocycles. The van der Waals surface area contributed by atoms with E-state index in [2.05, 4.69) is 11.9 Å². The predicted octanol–water partition coefficient (Wildman–Crippen LogP) is 3.64. The second-order valence-electron chi connectivity index (χ2n) is 5.26. The minimum atomic E-state index is -1.04. The first-order chi connectivity index (χ1) is 11.1. The van der Waals surface area contributed by atoms with Crippen molar-refractivity contribution in [3.8, 4) is 16.9 Å². The number of ether oxygens (including phenoxy) is 2. The van der Waals surface area contributed by atoms with Gasteiger partial charge in [0.15, 0.2) is 5.69 Å². The van der Waals surface area contributed by atoms with Crippen LogP contribution in [0.1, 0.15) is 30.3 Å². The predicted molar refractivity (Wildman–Crippen MR) is 87.8 cm³/mol. The van der Waals surface area contributed by atoms with Gasteiger partial charge in [-0.2, -0.15) is 0 Å². The van der Waals surface area contributed by atoms with Gasteiger partial charge in [0.25, 0.3) is 0 Å². The zero-order chi connectivity index (χ0) is 16.7. The first-order valence-electron chi connectivity index (χ1n) is 7.56. The molecule has 5 nitrogen and oxygen atoms in total. The van der Waals surface area contributed by atoms with Gasteiger partial charge in [0, 0.05) is 18.4 Å². The molecule has 0 amide bonds. The van der Waals surface area contributed by atoms with Gasteiger partial charge >= 0.3 is 5.97 Å². The molecule has 1 aliphatic rings. The van der Waals surface area contributed by atoms with Crippen molar-refractivity contribution >= 4 is 5.97 Å². The molecule has 0 saturated carbocycles. The van der Waals surface area contributed by atoms with Crippen molar-refractivity contribution < 1.29 is 19.4 Å². The van der Waals surface area contributed by atoms with E-state index in [1.807, 2.05) is 12.1 Å². The number of hydrogen-bond donors (Lipinski definition) is 1. The maximum atomic E-state index is 11.1.